The van der Waals surface area contributed by atoms with Crippen LogP contribution < -0.4 is 0 Å². The molecule has 0 amide bonds. The fourth-order valence-electron chi connectivity index (χ4n) is 2.03. The standard InChI is InChI=1S/C17H12BrNO2S2/c18-12-5-3-4-11(8-12)9-15(22-10-16(20)21)17-19-13-6-1-2-7-14(13)23-17/h1-9H,10H2,(H,20,21)/b15-9-. The van der Waals surface area contributed by atoms with Crippen molar-refractivity contribution in [1.29, 1.82) is 0 Å². The number of carboxylic acid groups (broad SMARTS) is 1. The number of para-hydroxylation sites is 1. The molecule has 1 N–H and O–H groups in total. The summed E-state index contributed by atoms with van der Waals surface area (Å²) < 4.78 is 2.08. The van der Waals surface area contributed by atoms with Gasteiger partial charge in [0, 0.05) is 9.38 Å². The maximum Gasteiger partial charge on any atom is 0.313 e. The van der Waals surface area contributed by atoms with Gasteiger partial charge in [-0.05, 0) is 35.9 Å². The Morgan fingerprint density at radius 3 is 2.83 bits per heavy atom. The van der Waals surface area contributed by atoms with Crippen molar-refractivity contribution in [1.82, 2.24) is 4.98 Å². The Morgan fingerprint density at radius 1 is 1.26 bits per heavy atom. The van der Waals surface area contributed by atoms with E-state index in [1.54, 1.807) is 11.3 Å². The summed E-state index contributed by atoms with van der Waals surface area (Å²) >= 11 is 6.32. The van der Waals surface area contributed by atoms with Gasteiger partial charge in [0.1, 0.15) is 5.01 Å². The highest BCUT2D eigenvalue weighted by Gasteiger charge is 2.11. The van der Waals surface area contributed by atoms with Crippen molar-refractivity contribution in [2.45, 2.75) is 0 Å². The summed E-state index contributed by atoms with van der Waals surface area (Å²) in [5.74, 6) is -0.827. The molecule has 0 atom stereocenters. The summed E-state index contributed by atoms with van der Waals surface area (Å²) in [6.45, 7) is 0. The Hall–Kier alpha value is -1.63. The number of aromatic nitrogens is 1. The highest BCUT2D eigenvalue weighted by molar-refractivity contribution is 9.10. The quantitative estimate of drug-likeness (QED) is 0.619. The third-order valence-corrected chi connectivity index (χ3v) is 5.71. The van der Waals surface area contributed by atoms with E-state index in [1.807, 2.05) is 54.6 Å². The molecule has 3 rings (SSSR count). The van der Waals surface area contributed by atoms with Crippen LogP contribution in [0.5, 0.6) is 0 Å². The van der Waals surface area contributed by atoms with Gasteiger partial charge in [0.15, 0.2) is 0 Å². The third kappa shape index (κ3) is 4.22. The van der Waals surface area contributed by atoms with Crippen molar-refractivity contribution in [2.24, 2.45) is 0 Å². The molecule has 0 spiro atoms. The molecule has 2 aromatic carbocycles. The smallest absolute Gasteiger partial charge is 0.313 e. The molecule has 0 saturated heterocycles. The number of benzene rings is 2. The SMILES string of the molecule is O=C(O)CS/C(=C\c1cccc(Br)c1)c1nc2ccccc2s1. The second-order valence-corrected chi connectivity index (χ2v) is 7.70. The Bertz CT molecular complexity index is 856. The van der Waals surface area contributed by atoms with Gasteiger partial charge in [-0.1, -0.05) is 40.2 Å². The summed E-state index contributed by atoms with van der Waals surface area (Å²) in [5, 5.41) is 9.83. The average Bonchev–Trinajstić information content (AvgIpc) is 2.95. The van der Waals surface area contributed by atoms with E-state index in [0.717, 1.165) is 30.2 Å². The van der Waals surface area contributed by atoms with Crippen molar-refractivity contribution >= 4 is 66.2 Å². The minimum atomic E-state index is -0.837. The summed E-state index contributed by atoms with van der Waals surface area (Å²) in [6, 6.07) is 15.8. The number of nitrogens with zero attached hydrogens (tertiary/aromatic N) is 1. The van der Waals surface area contributed by atoms with Gasteiger partial charge in [-0.15, -0.1) is 23.1 Å². The van der Waals surface area contributed by atoms with Gasteiger partial charge < -0.3 is 5.11 Å². The number of thiazole rings is 1. The number of fused-ring (bicyclic) bond motifs is 1. The molecule has 23 heavy (non-hydrogen) atoms. The molecule has 0 fully saturated rings. The number of aliphatic carboxylic acids is 1. The van der Waals surface area contributed by atoms with Crippen molar-refractivity contribution in [3.63, 3.8) is 0 Å². The molecule has 0 aliphatic carbocycles. The van der Waals surface area contributed by atoms with E-state index in [2.05, 4.69) is 20.9 Å². The third-order valence-electron chi connectivity index (χ3n) is 3.00. The van der Waals surface area contributed by atoms with Crippen LogP contribution in [-0.2, 0) is 4.79 Å². The van der Waals surface area contributed by atoms with Crippen LogP contribution in [0.1, 0.15) is 10.6 Å². The maximum atomic E-state index is 10.9. The molecule has 3 nitrogen and oxygen atoms in total. The lowest BCUT2D eigenvalue weighted by atomic mass is 10.2. The van der Waals surface area contributed by atoms with E-state index < -0.39 is 5.97 Å². The predicted octanol–water partition coefficient (Wildman–Crippen LogP) is 5.37. The summed E-state index contributed by atoms with van der Waals surface area (Å²) in [5.41, 5.74) is 1.94. The number of rotatable bonds is 5. The molecule has 116 valence electrons. The summed E-state index contributed by atoms with van der Waals surface area (Å²) in [6.07, 6.45) is 1.98. The summed E-state index contributed by atoms with van der Waals surface area (Å²) in [4.78, 5) is 16.4. The van der Waals surface area contributed by atoms with Gasteiger partial charge in [0.05, 0.1) is 16.0 Å². The highest BCUT2D eigenvalue weighted by Crippen LogP contribution is 2.35. The molecular formula is C17H12BrNO2S2. The number of halogens is 1. The highest BCUT2D eigenvalue weighted by atomic mass is 79.9. The van der Waals surface area contributed by atoms with Gasteiger partial charge in [0.25, 0.3) is 0 Å². The molecule has 0 radical (unpaired) electrons. The molecule has 3 aromatic rings. The molecule has 1 heterocycles. The molecule has 0 bridgehead atoms. The molecular weight excluding hydrogens is 394 g/mol. The van der Waals surface area contributed by atoms with Gasteiger partial charge in [-0.3, -0.25) is 4.79 Å². The minimum Gasteiger partial charge on any atom is -0.481 e. The predicted molar refractivity (Wildman–Crippen MR) is 102 cm³/mol. The van der Waals surface area contributed by atoms with Gasteiger partial charge >= 0.3 is 5.97 Å². The van der Waals surface area contributed by atoms with Crippen LogP contribution >= 0.6 is 39.0 Å². The van der Waals surface area contributed by atoms with Crippen molar-refractivity contribution in [3.8, 4) is 0 Å². The molecule has 0 aliphatic heterocycles. The van der Waals surface area contributed by atoms with E-state index in [4.69, 9.17) is 5.11 Å². The number of hydrogen-bond acceptors (Lipinski definition) is 4. The van der Waals surface area contributed by atoms with Crippen molar-refractivity contribution < 1.29 is 9.90 Å². The van der Waals surface area contributed by atoms with Crippen molar-refractivity contribution in [3.05, 3.63) is 63.6 Å². The molecule has 0 saturated carbocycles. The van der Waals surface area contributed by atoms with Crippen LogP contribution in [0.25, 0.3) is 21.2 Å². The Morgan fingerprint density at radius 2 is 2.09 bits per heavy atom. The van der Waals surface area contributed by atoms with E-state index in [0.29, 0.717) is 0 Å². The lowest BCUT2D eigenvalue weighted by molar-refractivity contribution is -0.133. The van der Waals surface area contributed by atoms with E-state index in [-0.39, 0.29) is 5.75 Å². The first-order valence-corrected chi connectivity index (χ1v) is 9.39. The average molecular weight is 406 g/mol. The Kier molecular flexibility index (Phi) is 5.15. The number of carboxylic acids is 1. The van der Waals surface area contributed by atoms with Gasteiger partial charge in [-0.2, -0.15) is 0 Å². The normalized spacial score (nSPS) is 11.8. The first-order valence-electron chi connectivity index (χ1n) is 6.79. The van der Waals surface area contributed by atoms with Crippen LogP contribution in [0.2, 0.25) is 0 Å². The van der Waals surface area contributed by atoms with Crippen LogP contribution in [0.3, 0.4) is 0 Å². The van der Waals surface area contributed by atoms with Crippen molar-refractivity contribution in [2.75, 3.05) is 5.75 Å². The Balaban J connectivity index is 2.02. The second kappa shape index (κ2) is 7.29. The van der Waals surface area contributed by atoms with Crippen LogP contribution in [0.15, 0.2) is 53.0 Å². The first-order chi connectivity index (χ1) is 11.1. The van der Waals surface area contributed by atoms with Gasteiger partial charge in [-0.25, -0.2) is 4.98 Å². The maximum absolute atomic E-state index is 10.9. The fourth-order valence-corrected chi connectivity index (χ4v) is 4.29. The molecule has 0 aliphatic rings. The lowest BCUT2D eigenvalue weighted by Crippen LogP contribution is -1.97. The summed E-state index contributed by atoms with van der Waals surface area (Å²) in [7, 11) is 0. The first kappa shape index (κ1) is 16.2. The number of hydrogen-bond donors (Lipinski definition) is 1. The van der Waals surface area contributed by atoms with Crippen LogP contribution in [0, 0.1) is 0 Å². The van der Waals surface area contributed by atoms with E-state index in [1.165, 1.54) is 11.8 Å². The van der Waals surface area contributed by atoms with Gasteiger partial charge in [0.2, 0.25) is 0 Å². The van der Waals surface area contributed by atoms with E-state index in [9.17, 15) is 4.79 Å². The van der Waals surface area contributed by atoms with Crippen LogP contribution in [-0.4, -0.2) is 21.8 Å². The fraction of sp³-hybridized carbons (Fsp3) is 0.0588. The number of carbonyl (C=O) groups is 1. The topological polar surface area (TPSA) is 50.2 Å². The monoisotopic (exact) mass is 405 g/mol. The number of thioether (sulfide) groups is 1. The zero-order chi connectivity index (χ0) is 16.2. The second-order valence-electron chi connectivity index (χ2n) is 4.73. The molecule has 1 aromatic heterocycles. The largest absolute Gasteiger partial charge is 0.481 e. The Labute approximate surface area is 150 Å². The van der Waals surface area contributed by atoms with E-state index >= 15 is 0 Å². The minimum absolute atomic E-state index is 0.00968. The lowest BCUT2D eigenvalue weighted by Gasteiger charge is -2.03. The zero-order valence-electron chi connectivity index (χ0n) is 11.9. The molecule has 6 heteroatoms. The zero-order valence-corrected chi connectivity index (χ0v) is 15.1. The van der Waals surface area contributed by atoms with Crippen LogP contribution in [0.4, 0.5) is 0 Å². The molecule has 0 unspecified atom stereocenters.